The normalized spacial score (nSPS) is 11.0. The van der Waals surface area contributed by atoms with Crippen LogP contribution in [0.25, 0.3) is 0 Å². The lowest BCUT2D eigenvalue weighted by atomic mass is 10.1. The van der Waals surface area contributed by atoms with Crippen molar-refractivity contribution in [2.24, 2.45) is 5.10 Å². The van der Waals surface area contributed by atoms with Crippen molar-refractivity contribution in [1.29, 1.82) is 0 Å². The highest BCUT2D eigenvalue weighted by Crippen LogP contribution is 2.19. The van der Waals surface area contributed by atoms with Gasteiger partial charge in [0.05, 0.1) is 27.9 Å². The Hall–Kier alpha value is -2.93. The first kappa shape index (κ1) is 17.4. The van der Waals surface area contributed by atoms with Gasteiger partial charge in [0.1, 0.15) is 0 Å². The summed E-state index contributed by atoms with van der Waals surface area (Å²) in [5.74, 6) is -0.337. The van der Waals surface area contributed by atoms with Gasteiger partial charge in [-0.1, -0.05) is 23.7 Å². The monoisotopic (exact) mass is 346 g/mol. The predicted octanol–water partition coefficient (Wildman–Crippen LogP) is 3.20. The number of halogens is 1. The van der Waals surface area contributed by atoms with E-state index in [1.54, 1.807) is 37.3 Å². The quantitative estimate of drug-likeness (QED) is 0.477. The van der Waals surface area contributed by atoms with Crippen LogP contribution in [0.1, 0.15) is 12.5 Å². The van der Waals surface area contributed by atoms with Gasteiger partial charge in [0, 0.05) is 12.1 Å². The summed E-state index contributed by atoms with van der Waals surface area (Å²) >= 11 is 5.98. The highest BCUT2D eigenvalue weighted by atomic mass is 35.5. The molecule has 0 aliphatic heterocycles. The molecule has 0 saturated carbocycles. The minimum absolute atomic E-state index is 0.000439. The molecule has 2 rings (SSSR count). The van der Waals surface area contributed by atoms with Crippen molar-refractivity contribution in [3.8, 4) is 0 Å². The van der Waals surface area contributed by atoms with Crippen LogP contribution in [-0.4, -0.2) is 23.1 Å². The molecule has 2 N–H and O–H groups in total. The lowest BCUT2D eigenvalue weighted by molar-refractivity contribution is -0.384. The van der Waals surface area contributed by atoms with Gasteiger partial charge >= 0.3 is 0 Å². The maximum atomic E-state index is 11.8. The van der Waals surface area contributed by atoms with Crippen molar-refractivity contribution in [3.05, 3.63) is 69.2 Å². The molecule has 7 nitrogen and oxygen atoms in total. The Morgan fingerprint density at radius 1 is 1.21 bits per heavy atom. The number of nitro groups is 1. The second-order valence-electron chi connectivity index (χ2n) is 4.87. The van der Waals surface area contributed by atoms with Crippen LogP contribution in [0.4, 0.5) is 11.4 Å². The summed E-state index contributed by atoms with van der Waals surface area (Å²) in [6, 6.07) is 13.0. The minimum atomic E-state index is -0.474. The van der Waals surface area contributed by atoms with Gasteiger partial charge in [-0.05, 0) is 36.8 Å². The summed E-state index contributed by atoms with van der Waals surface area (Å²) in [6.45, 7) is 1.71. The maximum Gasteiger partial charge on any atom is 0.269 e. The fourth-order valence-electron chi connectivity index (χ4n) is 1.85. The number of hydrazone groups is 1. The number of amides is 1. The van der Waals surface area contributed by atoms with E-state index in [1.165, 1.54) is 12.1 Å². The summed E-state index contributed by atoms with van der Waals surface area (Å²) in [7, 11) is 0. The standard InChI is InChI=1S/C16H15ClN4O3/c1-11(12-6-8-13(9-7-12)21(23)24)19-20-16(22)10-18-15-5-3-2-4-14(15)17/h2-9,18H,10H2,1H3,(H,20,22)/b19-11-. The maximum absolute atomic E-state index is 11.8. The molecule has 124 valence electrons. The minimum Gasteiger partial charge on any atom is -0.375 e. The molecule has 0 aliphatic rings. The number of anilines is 1. The van der Waals surface area contributed by atoms with Crippen LogP contribution in [0.5, 0.6) is 0 Å². The van der Waals surface area contributed by atoms with Crippen LogP contribution in [0, 0.1) is 10.1 Å². The molecule has 0 fully saturated rings. The van der Waals surface area contributed by atoms with Crippen LogP contribution in [-0.2, 0) is 4.79 Å². The molecular weight excluding hydrogens is 332 g/mol. The molecule has 0 saturated heterocycles. The molecule has 0 unspecified atom stereocenters. The van der Waals surface area contributed by atoms with Crippen molar-refractivity contribution in [2.75, 3.05) is 11.9 Å². The smallest absolute Gasteiger partial charge is 0.269 e. The Kier molecular flexibility index (Phi) is 5.86. The first-order valence-electron chi connectivity index (χ1n) is 7.03. The summed E-state index contributed by atoms with van der Waals surface area (Å²) in [4.78, 5) is 21.9. The van der Waals surface area contributed by atoms with Crippen molar-refractivity contribution in [2.45, 2.75) is 6.92 Å². The molecule has 0 atom stereocenters. The zero-order valence-corrected chi connectivity index (χ0v) is 13.6. The van der Waals surface area contributed by atoms with E-state index < -0.39 is 4.92 Å². The molecule has 8 heteroatoms. The third-order valence-electron chi connectivity index (χ3n) is 3.16. The number of nitrogens with one attached hydrogen (secondary N) is 2. The molecule has 2 aromatic carbocycles. The van der Waals surface area contributed by atoms with Gasteiger partial charge in [-0.15, -0.1) is 0 Å². The number of benzene rings is 2. The van der Waals surface area contributed by atoms with Crippen molar-refractivity contribution >= 4 is 34.6 Å². The van der Waals surface area contributed by atoms with E-state index >= 15 is 0 Å². The Morgan fingerprint density at radius 2 is 1.88 bits per heavy atom. The zero-order chi connectivity index (χ0) is 17.5. The SMILES string of the molecule is C/C(=N/NC(=O)CNc1ccccc1Cl)c1ccc([N+](=O)[O-])cc1. The predicted molar refractivity (Wildman–Crippen MR) is 93.4 cm³/mol. The number of rotatable bonds is 6. The molecule has 0 spiro atoms. The number of para-hydroxylation sites is 1. The van der Waals surface area contributed by atoms with Crippen LogP contribution >= 0.6 is 11.6 Å². The molecule has 0 aromatic heterocycles. The topological polar surface area (TPSA) is 96.6 Å². The molecule has 0 bridgehead atoms. The lowest BCUT2D eigenvalue weighted by Crippen LogP contribution is -2.26. The second-order valence-corrected chi connectivity index (χ2v) is 5.28. The van der Waals surface area contributed by atoms with E-state index in [0.29, 0.717) is 22.0 Å². The molecule has 1 amide bonds. The second kappa shape index (κ2) is 8.07. The number of carbonyl (C=O) groups is 1. The van der Waals surface area contributed by atoms with Crippen LogP contribution in [0.3, 0.4) is 0 Å². The van der Waals surface area contributed by atoms with Gasteiger partial charge < -0.3 is 5.32 Å². The fourth-order valence-corrected chi connectivity index (χ4v) is 2.06. The Balaban J connectivity index is 1.90. The Labute approximate surface area is 143 Å². The number of carbonyl (C=O) groups excluding carboxylic acids is 1. The highest BCUT2D eigenvalue weighted by Gasteiger charge is 2.06. The van der Waals surface area contributed by atoms with Gasteiger partial charge in [0.2, 0.25) is 0 Å². The average molecular weight is 347 g/mol. The van der Waals surface area contributed by atoms with E-state index in [2.05, 4.69) is 15.8 Å². The number of hydrogen-bond acceptors (Lipinski definition) is 5. The van der Waals surface area contributed by atoms with Gasteiger partial charge in [0.25, 0.3) is 11.6 Å². The van der Waals surface area contributed by atoms with Crippen molar-refractivity contribution in [3.63, 3.8) is 0 Å². The summed E-state index contributed by atoms with van der Waals surface area (Å²) in [5, 5.41) is 18.0. The first-order valence-corrected chi connectivity index (χ1v) is 7.41. The number of nitrogens with zero attached hydrogens (tertiary/aromatic N) is 2. The van der Waals surface area contributed by atoms with E-state index in [-0.39, 0.29) is 18.1 Å². The highest BCUT2D eigenvalue weighted by molar-refractivity contribution is 6.33. The van der Waals surface area contributed by atoms with Gasteiger partial charge in [-0.25, -0.2) is 5.43 Å². The third kappa shape index (κ3) is 4.79. The Bertz CT molecular complexity index is 775. The summed E-state index contributed by atoms with van der Waals surface area (Å²) < 4.78 is 0. The molecular formula is C16H15ClN4O3. The zero-order valence-electron chi connectivity index (χ0n) is 12.8. The molecule has 0 aliphatic carbocycles. The molecule has 0 radical (unpaired) electrons. The van der Waals surface area contributed by atoms with E-state index in [0.717, 1.165) is 0 Å². The fraction of sp³-hybridized carbons (Fsp3) is 0.125. The lowest BCUT2D eigenvalue weighted by Gasteiger charge is -2.07. The molecule has 2 aromatic rings. The summed E-state index contributed by atoms with van der Waals surface area (Å²) in [5.41, 5.74) is 4.29. The summed E-state index contributed by atoms with van der Waals surface area (Å²) in [6.07, 6.45) is 0. The Morgan fingerprint density at radius 3 is 2.50 bits per heavy atom. The van der Waals surface area contributed by atoms with Crippen molar-refractivity contribution in [1.82, 2.24) is 5.43 Å². The first-order chi connectivity index (χ1) is 11.5. The van der Waals surface area contributed by atoms with E-state index in [9.17, 15) is 14.9 Å². The average Bonchev–Trinajstić information content (AvgIpc) is 2.59. The number of nitro benzene ring substituents is 1. The van der Waals surface area contributed by atoms with Crippen LogP contribution < -0.4 is 10.7 Å². The molecule has 24 heavy (non-hydrogen) atoms. The number of hydrogen-bond donors (Lipinski definition) is 2. The number of non-ortho nitro benzene ring substituents is 1. The van der Waals surface area contributed by atoms with E-state index in [1.807, 2.05) is 6.07 Å². The van der Waals surface area contributed by atoms with Crippen LogP contribution in [0.15, 0.2) is 53.6 Å². The third-order valence-corrected chi connectivity index (χ3v) is 3.49. The van der Waals surface area contributed by atoms with Gasteiger partial charge in [0.15, 0.2) is 0 Å². The van der Waals surface area contributed by atoms with Crippen molar-refractivity contribution < 1.29 is 9.72 Å². The van der Waals surface area contributed by atoms with Gasteiger partial charge in [-0.2, -0.15) is 5.10 Å². The van der Waals surface area contributed by atoms with Gasteiger partial charge in [-0.3, -0.25) is 14.9 Å². The van der Waals surface area contributed by atoms with E-state index in [4.69, 9.17) is 11.6 Å². The largest absolute Gasteiger partial charge is 0.375 e. The molecule has 0 heterocycles. The van der Waals surface area contributed by atoms with Crippen LogP contribution in [0.2, 0.25) is 5.02 Å².